The summed E-state index contributed by atoms with van der Waals surface area (Å²) in [6.07, 6.45) is 1.39. The SMILES string of the molecule is CCNC(=O)[C@@H](C)N(Cc1ccc(Cl)cc1)C(=O)CCCN(c1ccc(OC)c(Cl)c1)S(C)(=O)=O. The van der Waals surface area contributed by atoms with Gasteiger partial charge < -0.3 is 15.0 Å². The molecule has 0 aliphatic rings. The molecular weight excluding hydrogens is 513 g/mol. The van der Waals surface area contributed by atoms with Gasteiger partial charge in [0.1, 0.15) is 11.8 Å². The molecular formula is C24H31Cl2N3O5S. The minimum atomic E-state index is -3.63. The maximum Gasteiger partial charge on any atom is 0.242 e. The van der Waals surface area contributed by atoms with E-state index in [9.17, 15) is 18.0 Å². The quantitative estimate of drug-likeness (QED) is 0.434. The maximum absolute atomic E-state index is 13.2. The fraction of sp³-hybridized carbons (Fsp3) is 0.417. The molecule has 0 bridgehead atoms. The lowest BCUT2D eigenvalue weighted by Crippen LogP contribution is -2.47. The van der Waals surface area contributed by atoms with Crippen LogP contribution >= 0.6 is 23.2 Å². The van der Waals surface area contributed by atoms with Crippen LogP contribution in [0.15, 0.2) is 42.5 Å². The van der Waals surface area contributed by atoms with Crippen molar-refractivity contribution < 1.29 is 22.7 Å². The van der Waals surface area contributed by atoms with Crippen molar-refractivity contribution in [3.05, 3.63) is 58.1 Å². The number of carbonyl (C=O) groups is 2. The molecule has 0 heterocycles. The predicted molar refractivity (Wildman–Crippen MR) is 140 cm³/mol. The van der Waals surface area contributed by atoms with E-state index in [0.717, 1.165) is 11.8 Å². The molecule has 11 heteroatoms. The molecule has 192 valence electrons. The average Bonchev–Trinajstić information content (AvgIpc) is 2.80. The zero-order chi connectivity index (χ0) is 26.2. The Kier molecular flexibility index (Phi) is 10.7. The summed E-state index contributed by atoms with van der Waals surface area (Å²) in [5, 5.41) is 3.59. The second kappa shape index (κ2) is 13.0. The van der Waals surface area contributed by atoms with Crippen LogP contribution in [0.1, 0.15) is 32.3 Å². The van der Waals surface area contributed by atoms with E-state index in [-0.39, 0.29) is 42.8 Å². The molecule has 0 unspecified atom stereocenters. The Morgan fingerprint density at radius 2 is 1.77 bits per heavy atom. The summed E-state index contributed by atoms with van der Waals surface area (Å²) in [5.74, 6) is -0.100. The number of methoxy groups -OCH3 is 1. The molecule has 2 aromatic rings. The summed E-state index contributed by atoms with van der Waals surface area (Å²) in [6, 6.07) is 11.0. The number of benzene rings is 2. The van der Waals surface area contributed by atoms with Gasteiger partial charge in [-0.05, 0) is 56.2 Å². The van der Waals surface area contributed by atoms with Gasteiger partial charge in [0.05, 0.1) is 24.1 Å². The van der Waals surface area contributed by atoms with Gasteiger partial charge in [0.2, 0.25) is 21.8 Å². The number of halogens is 2. The fourth-order valence-electron chi connectivity index (χ4n) is 3.51. The molecule has 0 spiro atoms. The van der Waals surface area contributed by atoms with Crippen LogP contribution in [-0.2, 0) is 26.2 Å². The number of amides is 2. The average molecular weight is 545 g/mol. The Morgan fingerprint density at radius 1 is 1.11 bits per heavy atom. The van der Waals surface area contributed by atoms with Crippen LogP contribution in [-0.4, -0.2) is 57.6 Å². The number of carbonyl (C=O) groups excluding carboxylic acids is 2. The molecule has 2 rings (SSSR count). The van der Waals surface area contributed by atoms with E-state index < -0.39 is 16.1 Å². The summed E-state index contributed by atoms with van der Waals surface area (Å²) >= 11 is 12.1. The van der Waals surface area contributed by atoms with Crippen LogP contribution in [0.5, 0.6) is 5.75 Å². The van der Waals surface area contributed by atoms with Crippen LogP contribution in [0.3, 0.4) is 0 Å². The van der Waals surface area contributed by atoms with Gasteiger partial charge in [0.25, 0.3) is 0 Å². The van der Waals surface area contributed by atoms with Crippen molar-refractivity contribution in [1.29, 1.82) is 0 Å². The number of anilines is 1. The summed E-state index contributed by atoms with van der Waals surface area (Å²) in [7, 11) is -2.16. The largest absolute Gasteiger partial charge is 0.495 e. The molecule has 2 amide bonds. The van der Waals surface area contributed by atoms with E-state index in [2.05, 4.69) is 5.32 Å². The zero-order valence-electron chi connectivity index (χ0n) is 20.3. The smallest absolute Gasteiger partial charge is 0.242 e. The zero-order valence-corrected chi connectivity index (χ0v) is 22.6. The molecule has 0 aliphatic heterocycles. The Balaban J connectivity index is 2.17. The third-order valence-electron chi connectivity index (χ3n) is 5.36. The first-order valence-corrected chi connectivity index (χ1v) is 13.7. The van der Waals surface area contributed by atoms with E-state index in [1.807, 2.05) is 0 Å². The standard InChI is InChI=1S/C24H31Cl2N3O5S/c1-5-27-24(31)17(2)28(16-18-8-10-19(25)11-9-18)23(30)7-6-14-29(35(4,32)33)20-12-13-22(34-3)21(26)15-20/h8-13,15,17H,5-7,14,16H2,1-4H3,(H,27,31)/t17-/m1/s1. The lowest BCUT2D eigenvalue weighted by atomic mass is 10.1. The summed E-state index contributed by atoms with van der Waals surface area (Å²) in [4.78, 5) is 27.2. The number of sulfonamides is 1. The molecule has 0 aliphatic carbocycles. The number of nitrogens with zero attached hydrogens (tertiary/aromatic N) is 2. The Hall–Kier alpha value is -2.49. The van der Waals surface area contributed by atoms with Crippen LogP contribution in [0.4, 0.5) is 5.69 Å². The van der Waals surface area contributed by atoms with Crippen molar-refractivity contribution in [2.45, 2.75) is 39.3 Å². The molecule has 0 fully saturated rings. The predicted octanol–water partition coefficient (Wildman–Crippen LogP) is 4.10. The highest BCUT2D eigenvalue weighted by Crippen LogP contribution is 2.30. The topological polar surface area (TPSA) is 96.0 Å². The number of hydrogen-bond donors (Lipinski definition) is 1. The van der Waals surface area contributed by atoms with Gasteiger partial charge in [-0.25, -0.2) is 8.42 Å². The number of ether oxygens (including phenoxy) is 1. The fourth-order valence-corrected chi connectivity index (χ4v) is 4.84. The third kappa shape index (κ3) is 8.30. The molecule has 0 saturated heterocycles. The Bertz CT molecular complexity index is 1130. The Labute approximate surface area is 217 Å². The highest BCUT2D eigenvalue weighted by molar-refractivity contribution is 7.92. The third-order valence-corrected chi connectivity index (χ3v) is 7.10. The van der Waals surface area contributed by atoms with E-state index in [1.54, 1.807) is 50.2 Å². The summed E-state index contributed by atoms with van der Waals surface area (Å²) in [6.45, 7) is 4.21. The van der Waals surface area contributed by atoms with Crippen LogP contribution < -0.4 is 14.4 Å². The minimum Gasteiger partial charge on any atom is -0.495 e. The highest BCUT2D eigenvalue weighted by Gasteiger charge is 2.26. The summed E-state index contributed by atoms with van der Waals surface area (Å²) < 4.78 is 31.2. The maximum atomic E-state index is 13.2. The van der Waals surface area contributed by atoms with Crippen molar-refractivity contribution in [2.75, 3.05) is 30.8 Å². The number of hydrogen-bond acceptors (Lipinski definition) is 5. The molecule has 8 nitrogen and oxygen atoms in total. The van der Waals surface area contributed by atoms with Gasteiger partial charge >= 0.3 is 0 Å². The first-order chi connectivity index (χ1) is 16.5. The second-order valence-corrected chi connectivity index (χ2v) is 10.7. The van der Waals surface area contributed by atoms with Crippen molar-refractivity contribution >= 4 is 50.7 Å². The van der Waals surface area contributed by atoms with Crippen molar-refractivity contribution in [3.8, 4) is 5.75 Å². The Morgan fingerprint density at radius 3 is 2.31 bits per heavy atom. The molecule has 1 atom stereocenters. The molecule has 0 radical (unpaired) electrons. The van der Waals surface area contributed by atoms with Crippen LogP contribution in [0.25, 0.3) is 0 Å². The highest BCUT2D eigenvalue weighted by atomic mass is 35.5. The minimum absolute atomic E-state index is 0.0489. The number of likely N-dealkylation sites (N-methyl/N-ethyl adjacent to an activating group) is 1. The second-order valence-electron chi connectivity index (χ2n) is 7.98. The van der Waals surface area contributed by atoms with Crippen LogP contribution in [0, 0.1) is 0 Å². The van der Waals surface area contributed by atoms with Crippen molar-refractivity contribution in [1.82, 2.24) is 10.2 Å². The van der Waals surface area contributed by atoms with Crippen LogP contribution in [0.2, 0.25) is 10.0 Å². The number of nitrogens with one attached hydrogen (secondary N) is 1. The molecule has 35 heavy (non-hydrogen) atoms. The van der Waals surface area contributed by atoms with E-state index in [4.69, 9.17) is 27.9 Å². The van der Waals surface area contributed by atoms with Gasteiger partial charge in [-0.3, -0.25) is 13.9 Å². The van der Waals surface area contributed by atoms with E-state index in [1.165, 1.54) is 22.4 Å². The van der Waals surface area contributed by atoms with Gasteiger partial charge in [-0.15, -0.1) is 0 Å². The molecule has 0 saturated carbocycles. The van der Waals surface area contributed by atoms with Gasteiger partial charge in [0.15, 0.2) is 0 Å². The monoisotopic (exact) mass is 543 g/mol. The normalized spacial score (nSPS) is 12.1. The van der Waals surface area contributed by atoms with Gasteiger partial charge in [0, 0.05) is 31.1 Å². The van der Waals surface area contributed by atoms with Gasteiger partial charge in [-0.1, -0.05) is 35.3 Å². The van der Waals surface area contributed by atoms with Gasteiger partial charge in [-0.2, -0.15) is 0 Å². The lowest BCUT2D eigenvalue weighted by molar-refractivity contribution is -0.140. The molecule has 0 aromatic heterocycles. The van der Waals surface area contributed by atoms with Crippen molar-refractivity contribution in [3.63, 3.8) is 0 Å². The molecule has 1 N–H and O–H groups in total. The number of rotatable bonds is 12. The first kappa shape index (κ1) is 28.7. The molecule has 2 aromatic carbocycles. The first-order valence-electron chi connectivity index (χ1n) is 11.1. The summed E-state index contributed by atoms with van der Waals surface area (Å²) in [5.41, 5.74) is 1.20. The lowest BCUT2D eigenvalue weighted by Gasteiger charge is -2.29. The van der Waals surface area contributed by atoms with E-state index >= 15 is 0 Å². The van der Waals surface area contributed by atoms with Crippen molar-refractivity contribution in [2.24, 2.45) is 0 Å². The van der Waals surface area contributed by atoms with E-state index in [0.29, 0.717) is 23.0 Å².